The number of ether oxygens (including phenoxy) is 1. The highest BCUT2D eigenvalue weighted by molar-refractivity contribution is 7.80. The molecule has 2 unspecified atom stereocenters. The molecule has 34 heavy (non-hydrogen) atoms. The van der Waals surface area contributed by atoms with Gasteiger partial charge in [-0.3, -0.25) is 4.98 Å². The minimum Gasteiger partial charge on any atom is -0.465 e. The number of hydrogen-bond donors (Lipinski definition) is 1. The molecule has 0 saturated carbocycles. The Balaban J connectivity index is 1.62. The van der Waals surface area contributed by atoms with Crippen molar-refractivity contribution in [1.29, 1.82) is 0 Å². The van der Waals surface area contributed by atoms with Gasteiger partial charge in [0, 0.05) is 11.8 Å². The molecule has 1 N–H and O–H groups in total. The number of hydrogen-bond acceptors (Lipinski definition) is 5. The molecule has 8 heteroatoms. The number of rotatable bonds is 5. The van der Waals surface area contributed by atoms with Crippen molar-refractivity contribution in [3.05, 3.63) is 108 Å². The van der Waals surface area contributed by atoms with Crippen LogP contribution < -0.4 is 10.2 Å². The molecule has 1 fully saturated rings. The molecule has 2 aromatic heterocycles. The molecule has 2 aromatic carbocycles. The summed E-state index contributed by atoms with van der Waals surface area (Å²) in [5.41, 5.74) is 2.05. The fraction of sp³-hybridized carbons (Fsp3) is 0.115. The van der Waals surface area contributed by atoms with Crippen LogP contribution in [-0.4, -0.2) is 23.2 Å². The van der Waals surface area contributed by atoms with Crippen LogP contribution in [0.15, 0.2) is 89.5 Å². The van der Waals surface area contributed by atoms with Crippen molar-refractivity contribution >= 4 is 29.0 Å². The van der Waals surface area contributed by atoms with Crippen LogP contribution >= 0.6 is 12.2 Å². The van der Waals surface area contributed by atoms with Gasteiger partial charge in [0.05, 0.1) is 30.1 Å². The van der Waals surface area contributed by atoms with Crippen molar-refractivity contribution < 1.29 is 18.3 Å². The smallest absolute Gasteiger partial charge is 0.338 e. The minimum absolute atomic E-state index is 0.330. The molecule has 4 aromatic rings. The summed E-state index contributed by atoms with van der Waals surface area (Å²) in [6.07, 6.45) is 1.70. The lowest BCUT2D eigenvalue weighted by Gasteiger charge is -2.26. The molecule has 1 saturated heterocycles. The fourth-order valence-electron chi connectivity index (χ4n) is 4.19. The fourth-order valence-corrected chi connectivity index (χ4v) is 4.53. The number of halogens is 1. The van der Waals surface area contributed by atoms with Gasteiger partial charge in [-0.2, -0.15) is 0 Å². The largest absolute Gasteiger partial charge is 0.465 e. The second-order valence-electron chi connectivity index (χ2n) is 7.69. The van der Waals surface area contributed by atoms with Crippen LogP contribution in [0.1, 0.15) is 33.9 Å². The summed E-state index contributed by atoms with van der Waals surface area (Å²) in [6.45, 7) is 0. The van der Waals surface area contributed by atoms with Crippen LogP contribution in [0.25, 0.3) is 11.3 Å². The van der Waals surface area contributed by atoms with E-state index in [4.69, 9.17) is 21.4 Å². The molecular weight excluding hydrogens is 453 g/mol. The van der Waals surface area contributed by atoms with Gasteiger partial charge in [0.2, 0.25) is 0 Å². The normalized spacial score (nSPS) is 17.5. The zero-order chi connectivity index (χ0) is 23.7. The Morgan fingerprint density at radius 3 is 2.59 bits per heavy atom. The van der Waals surface area contributed by atoms with Crippen LogP contribution in [0.5, 0.6) is 0 Å². The molecule has 170 valence electrons. The predicted molar refractivity (Wildman–Crippen MR) is 130 cm³/mol. The maximum atomic E-state index is 14.9. The second-order valence-corrected chi connectivity index (χ2v) is 8.07. The molecule has 0 aliphatic carbocycles. The Morgan fingerprint density at radius 2 is 1.82 bits per heavy atom. The summed E-state index contributed by atoms with van der Waals surface area (Å²) >= 11 is 5.62. The number of carbonyl (C=O) groups is 1. The van der Waals surface area contributed by atoms with Gasteiger partial charge in [-0.15, -0.1) is 0 Å². The van der Waals surface area contributed by atoms with Crippen molar-refractivity contribution in [2.45, 2.75) is 12.1 Å². The third-order valence-electron chi connectivity index (χ3n) is 5.73. The highest BCUT2D eigenvalue weighted by atomic mass is 32.1. The number of nitrogens with one attached hydrogen (secondary N) is 1. The van der Waals surface area contributed by atoms with E-state index in [0.29, 0.717) is 33.4 Å². The Labute approximate surface area is 201 Å². The number of pyridine rings is 1. The van der Waals surface area contributed by atoms with Crippen LogP contribution in [0, 0.1) is 5.82 Å². The predicted octanol–water partition coefficient (Wildman–Crippen LogP) is 5.44. The molecule has 0 spiro atoms. The van der Waals surface area contributed by atoms with Gasteiger partial charge < -0.3 is 19.4 Å². The Morgan fingerprint density at radius 1 is 1.06 bits per heavy atom. The Bertz CT molecular complexity index is 1360. The highest BCUT2D eigenvalue weighted by Gasteiger charge is 2.43. The SMILES string of the molecule is COC(=O)c1ccccc1-c1ccc(C2C(c3ccccn3)NC(=S)N2c2ccccc2F)o1. The molecule has 0 amide bonds. The maximum Gasteiger partial charge on any atom is 0.338 e. The quantitative estimate of drug-likeness (QED) is 0.306. The van der Waals surface area contributed by atoms with Crippen LogP contribution in [0.3, 0.4) is 0 Å². The molecule has 0 radical (unpaired) electrons. The van der Waals surface area contributed by atoms with Gasteiger partial charge in [-0.05, 0) is 54.7 Å². The van der Waals surface area contributed by atoms with E-state index in [1.165, 1.54) is 13.2 Å². The maximum absolute atomic E-state index is 14.9. The Hall–Kier alpha value is -4.04. The molecular formula is C26H20FN3O3S. The van der Waals surface area contributed by atoms with E-state index in [9.17, 15) is 9.18 Å². The van der Waals surface area contributed by atoms with Gasteiger partial charge >= 0.3 is 5.97 Å². The second kappa shape index (κ2) is 9.07. The van der Waals surface area contributed by atoms with E-state index in [1.807, 2.05) is 30.3 Å². The number of anilines is 1. The first kappa shape index (κ1) is 21.8. The van der Waals surface area contributed by atoms with E-state index >= 15 is 0 Å². The van der Waals surface area contributed by atoms with Gasteiger partial charge in [0.1, 0.15) is 23.4 Å². The summed E-state index contributed by atoms with van der Waals surface area (Å²) < 4.78 is 26.1. The summed E-state index contributed by atoms with van der Waals surface area (Å²) in [5.74, 6) is 0.167. The van der Waals surface area contributed by atoms with Crippen molar-refractivity contribution in [3.8, 4) is 11.3 Å². The molecule has 2 atom stereocenters. The van der Waals surface area contributed by atoms with Crippen molar-refractivity contribution in [2.75, 3.05) is 12.0 Å². The van der Waals surface area contributed by atoms with Gasteiger partial charge in [-0.1, -0.05) is 36.4 Å². The number of para-hydroxylation sites is 1. The topological polar surface area (TPSA) is 67.6 Å². The van der Waals surface area contributed by atoms with E-state index < -0.39 is 17.8 Å². The minimum atomic E-state index is -0.515. The number of carbonyl (C=O) groups excluding carboxylic acids is 1. The van der Waals surface area contributed by atoms with Gasteiger partial charge in [0.25, 0.3) is 0 Å². The lowest BCUT2D eigenvalue weighted by Crippen LogP contribution is -2.30. The third-order valence-corrected chi connectivity index (χ3v) is 6.04. The van der Waals surface area contributed by atoms with Crippen molar-refractivity contribution in [2.24, 2.45) is 0 Å². The van der Waals surface area contributed by atoms with Crippen molar-refractivity contribution in [3.63, 3.8) is 0 Å². The average molecular weight is 474 g/mol. The number of thiocarbonyl (C=S) groups is 1. The summed E-state index contributed by atoms with van der Waals surface area (Å²) in [5, 5.41) is 3.64. The highest BCUT2D eigenvalue weighted by Crippen LogP contribution is 2.43. The first-order valence-corrected chi connectivity index (χ1v) is 11.0. The van der Waals surface area contributed by atoms with E-state index in [1.54, 1.807) is 53.6 Å². The first-order valence-electron chi connectivity index (χ1n) is 10.6. The third kappa shape index (κ3) is 3.82. The van der Waals surface area contributed by atoms with Crippen LogP contribution in [0.2, 0.25) is 0 Å². The molecule has 1 aliphatic heterocycles. The summed E-state index contributed by atoms with van der Waals surface area (Å²) in [6, 6.07) is 21.8. The number of furan rings is 1. The first-order chi connectivity index (χ1) is 16.6. The van der Waals surface area contributed by atoms with Crippen molar-refractivity contribution in [1.82, 2.24) is 10.3 Å². The van der Waals surface area contributed by atoms with E-state index in [-0.39, 0.29) is 6.04 Å². The molecule has 1 aliphatic rings. The summed E-state index contributed by atoms with van der Waals surface area (Å²) in [4.78, 5) is 18.5. The number of nitrogens with zero attached hydrogens (tertiary/aromatic N) is 2. The zero-order valence-corrected chi connectivity index (χ0v) is 19.0. The van der Waals surface area contributed by atoms with E-state index in [0.717, 1.165) is 5.69 Å². The number of esters is 1. The monoisotopic (exact) mass is 473 g/mol. The van der Waals surface area contributed by atoms with Gasteiger partial charge in [-0.25, -0.2) is 9.18 Å². The molecule has 6 nitrogen and oxygen atoms in total. The Kier molecular flexibility index (Phi) is 5.81. The number of aromatic nitrogens is 1. The standard InChI is InChI=1S/C26H20FN3O3S/c1-32-25(31)17-9-3-2-8-16(17)21-13-14-22(33-21)24-23(19-11-6-7-15-28-19)29-26(34)30(24)20-12-5-4-10-18(20)27/h2-15,23-24H,1H3,(H,29,34). The molecule has 0 bridgehead atoms. The number of benzene rings is 2. The van der Waals surface area contributed by atoms with Crippen LogP contribution in [0.4, 0.5) is 10.1 Å². The molecule has 3 heterocycles. The van der Waals surface area contributed by atoms with E-state index in [2.05, 4.69) is 10.3 Å². The summed E-state index contributed by atoms with van der Waals surface area (Å²) in [7, 11) is 1.33. The average Bonchev–Trinajstić information content (AvgIpc) is 3.49. The van der Waals surface area contributed by atoms with Crippen LogP contribution in [-0.2, 0) is 4.74 Å². The number of methoxy groups -OCH3 is 1. The zero-order valence-electron chi connectivity index (χ0n) is 18.1. The lowest BCUT2D eigenvalue weighted by molar-refractivity contribution is 0.0601. The lowest BCUT2D eigenvalue weighted by atomic mass is 10.0. The van der Waals surface area contributed by atoms with Gasteiger partial charge in [0.15, 0.2) is 5.11 Å². The molecule has 5 rings (SSSR count).